The largest absolute Gasteiger partial charge is 0.339 e. The fraction of sp³-hybridized carbons (Fsp3) is 0.846. The van der Waals surface area contributed by atoms with Crippen molar-refractivity contribution < 1.29 is 4.52 Å². The maximum atomic E-state index is 5.43. The minimum Gasteiger partial charge on any atom is -0.339 e. The van der Waals surface area contributed by atoms with Gasteiger partial charge in [0.05, 0.1) is 11.7 Å². The van der Waals surface area contributed by atoms with Crippen LogP contribution in [0.25, 0.3) is 0 Å². The van der Waals surface area contributed by atoms with E-state index >= 15 is 0 Å². The topological polar surface area (TPSA) is 51.0 Å². The lowest BCUT2D eigenvalue weighted by molar-refractivity contribution is 0.279. The van der Waals surface area contributed by atoms with E-state index in [2.05, 4.69) is 43.2 Å². The number of aromatic nitrogens is 2. The minimum absolute atomic E-state index is 0.277. The Kier molecular flexibility index (Phi) is 6.71. The molecule has 1 aromatic heterocycles. The van der Waals surface area contributed by atoms with Crippen LogP contribution in [-0.4, -0.2) is 29.0 Å². The van der Waals surface area contributed by atoms with Crippen LogP contribution in [0.2, 0.25) is 0 Å². The minimum atomic E-state index is 0.277. The molecule has 0 aliphatic carbocycles. The van der Waals surface area contributed by atoms with E-state index in [0.717, 1.165) is 30.4 Å². The Labute approximate surface area is 114 Å². The predicted octanol–water partition coefficient (Wildman–Crippen LogP) is 3.06. The summed E-state index contributed by atoms with van der Waals surface area (Å²) in [6.07, 6.45) is 3.18. The summed E-state index contributed by atoms with van der Waals surface area (Å²) < 4.78 is 5.43. The van der Waals surface area contributed by atoms with Crippen LogP contribution in [0.1, 0.15) is 51.7 Å². The molecule has 4 nitrogen and oxygen atoms in total. The van der Waals surface area contributed by atoms with Gasteiger partial charge in [-0.25, -0.2) is 0 Å². The Hall–Kier alpha value is -0.550. The summed E-state index contributed by atoms with van der Waals surface area (Å²) >= 11 is 1.71. The molecule has 104 valence electrons. The second kappa shape index (κ2) is 7.79. The fourth-order valence-corrected chi connectivity index (χ4v) is 2.54. The molecule has 2 atom stereocenters. The molecule has 0 aliphatic rings. The molecular weight excluding hydrogens is 246 g/mol. The van der Waals surface area contributed by atoms with Gasteiger partial charge in [-0.3, -0.25) is 0 Å². The van der Waals surface area contributed by atoms with E-state index in [1.165, 1.54) is 0 Å². The van der Waals surface area contributed by atoms with Gasteiger partial charge in [-0.05, 0) is 32.1 Å². The van der Waals surface area contributed by atoms with Gasteiger partial charge in [0.1, 0.15) is 0 Å². The molecule has 0 aromatic carbocycles. The van der Waals surface area contributed by atoms with Gasteiger partial charge in [0.2, 0.25) is 5.89 Å². The molecule has 0 saturated heterocycles. The zero-order valence-electron chi connectivity index (χ0n) is 12.1. The normalized spacial score (nSPS) is 15.0. The van der Waals surface area contributed by atoms with Gasteiger partial charge >= 0.3 is 0 Å². The first-order valence-electron chi connectivity index (χ1n) is 6.64. The monoisotopic (exact) mass is 271 g/mol. The van der Waals surface area contributed by atoms with Crippen LogP contribution >= 0.6 is 11.8 Å². The number of hydrogen-bond donors (Lipinski definition) is 1. The van der Waals surface area contributed by atoms with Crippen molar-refractivity contribution in [2.45, 2.75) is 51.8 Å². The predicted molar refractivity (Wildman–Crippen MR) is 76.9 cm³/mol. The zero-order chi connectivity index (χ0) is 13.5. The molecule has 0 spiro atoms. The van der Waals surface area contributed by atoms with Crippen LogP contribution in [0.3, 0.4) is 0 Å². The van der Waals surface area contributed by atoms with Gasteiger partial charge < -0.3 is 9.84 Å². The molecule has 0 fully saturated rings. The van der Waals surface area contributed by atoms with Crippen molar-refractivity contribution in [3.05, 3.63) is 11.7 Å². The SMILES string of the molecule is CCCNC(C)C(c1nc(CSC)no1)C(C)C. The van der Waals surface area contributed by atoms with E-state index in [9.17, 15) is 0 Å². The molecule has 2 unspecified atom stereocenters. The van der Waals surface area contributed by atoms with E-state index in [0.29, 0.717) is 12.0 Å². The lowest BCUT2D eigenvalue weighted by atomic mass is 9.89. The lowest BCUT2D eigenvalue weighted by Crippen LogP contribution is -2.35. The van der Waals surface area contributed by atoms with E-state index in [1.54, 1.807) is 11.8 Å². The standard InChI is InChI=1S/C13H25N3OS/c1-6-7-14-10(4)12(9(2)3)13-15-11(8-18-5)16-17-13/h9-10,12,14H,6-8H2,1-5H3. The third-order valence-electron chi connectivity index (χ3n) is 3.02. The molecule has 1 heterocycles. The van der Waals surface area contributed by atoms with Gasteiger partial charge in [0.15, 0.2) is 5.82 Å². The Morgan fingerprint density at radius 2 is 2.06 bits per heavy atom. The number of nitrogens with one attached hydrogen (secondary N) is 1. The number of rotatable bonds is 8. The zero-order valence-corrected chi connectivity index (χ0v) is 12.9. The van der Waals surface area contributed by atoms with E-state index in [-0.39, 0.29) is 5.92 Å². The molecule has 1 N–H and O–H groups in total. The van der Waals surface area contributed by atoms with Crippen LogP contribution in [0, 0.1) is 5.92 Å². The molecule has 5 heteroatoms. The molecule has 0 bridgehead atoms. The smallest absolute Gasteiger partial charge is 0.231 e. The Morgan fingerprint density at radius 1 is 1.33 bits per heavy atom. The van der Waals surface area contributed by atoms with Gasteiger partial charge in [0.25, 0.3) is 0 Å². The van der Waals surface area contributed by atoms with Crippen molar-refractivity contribution in [1.82, 2.24) is 15.5 Å². The van der Waals surface area contributed by atoms with E-state index in [4.69, 9.17) is 4.52 Å². The molecular formula is C13H25N3OS. The summed E-state index contributed by atoms with van der Waals surface area (Å²) in [6, 6.07) is 0.354. The Balaban J connectivity index is 2.76. The first-order valence-corrected chi connectivity index (χ1v) is 8.04. The number of thioether (sulfide) groups is 1. The van der Waals surface area contributed by atoms with Gasteiger partial charge in [-0.15, -0.1) is 0 Å². The summed E-state index contributed by atoms with van der Waals surface area (Å²) in [6.45, 7) is 9.79. The summed E-state index contributed by atoms with van der Waals surface area (Å²) in [5.41, 5.74) is 0. The highest BCUT2D eigenvalue weighted by atomic mass is 32.2. The highest BCUT2D eigenvalue weighted by Crippen LogP contribution is 2.27. The van der Waals surface area contributed by atoms with Crippen molar-refractivity contribution in [2.75, 3.05) is 12.8 Å². The highest BCUT2D eigenvalue weighted by molar-refractivity contribution is 7.97. The number of hydrogen-bond acceptors (Lipinski definition) is 5. The first-order chi connectivity index (χ1) is 8.60. The second-order valence-electron chi connectivity index (χ2n) is 4.99. The van der Waals surface area contributed by atoms with Crippen molar-refractivity contribution in [1.29, 1.82) is 0 Å². The molecule has 0 radical (unpaired) electrons. The fourth-order valence-electron chi connectivity index (χ4n) is 2.17. The highest BCUT2D eigenvalue weighted by Gasteiger charge is 2.27. The molecule has 1 aromatic rings. The van der Waals surface area contributed by atoms with Crippen LogP contribution in [0.4, 0.5) is 0 Å². The van der Waals surface area contributed by atoms with Crippen LogP contribution < -0.4 is 5.32 Å². The number of nitrogens with zero attached hydrogens (tertiary/aromatic N) is 2. The maximum absolute atomic E-state index is 5.43. The Morgan fingerprint density at radius 3 is 2.61 bits per heavy atom. The lowest BCUT2D eigenvalue weighted by Gasteiger charge is -2.24. The van der Waals surface area contributed by atoms with Gasteiger partial charge in [0, 0.05) is 6.04 Å². The van der Waals surface area contributed by atoms with Crippen LogP contribution in [-0.2, 0) is 5.75 Å². The van der Waals surface area contributed by atoms with E-state index < -0.39 is 0 Å². The van der Waals surface area contributed by atoms with Gasteiger partial charge in [-0.1, -0.05) is 25.9 Å². The maximum Gasteiger partial charge on any atom is 0.231 e. The Bertz CT molecular complexity index is 341. The van der Waals surface area contributed by atoms with Gasteiger partial charge in [-0.2, -0.15) is 16.7 Å². The summed E-state index contributed by atoms with van der Waals surface area (Å²) in [5, 5.41) is 7.56. The van der Waals surface area contributed by atoms with E-state index in [1.807, 2.05) is 6.26 Å². The van der Waals surface area contributed by atoms with Crippen molar-refractivity contribution >= 4 is 11.8 Å². The third kappa shape index (κ3) is 4.28. The summed E-state index contributed by atoms with van der Waals surface area (Å²) in [5.74, 6) is 3.13. The van der Waals surface area contributed by atoms with Crippen LogP contribution in [0.15, 0.2) is 4.52 Å². The second-order valence-corrected chi connectivity index (χ2v) is 5.86. The molecule has 0 aliphatic heterocycles. The molecule has 0 saturated carbocycles. The first kappa shape index (κ1) is 15.5. The van der Waals surface area contributed by atoms with Crippen molar-refractivity contribution in [3.8, 4) is 0 Å². The third-order valence-corrected chi connectivity index (χ3v) is 3.56. The van der Waals surface area contributed by atoms with Crippen molar-refractivity contribution in [2.24, 2.45) is 5.92 Å². The van der Waals surface area contributed by atoms with Crippen molar-refractivity contribution in [3.63, 3.8) is 0 Å². The summed E-state index contributed by atoms with van der Waals surface area (Å²) in [7, 11) is 0. The average molecular weight is 271 g/mol. The van der Waals surface area contributed by atoms with Crippen LogP contribution in [0.5, 0.6) is 0 Å². The average Bonchev–Trinajstić information content (AvgIpc) is 2.75. The molecule has 0 amide bonds. The quantitative estimate of drug-likeness (QED) is 0.787. The summed E-state index contributed by atoms with van der Waals surface area (Å²) in [4.78, 5) is 4.51. The molecule has 1 rings (SSSR count). The molecule has 18 heavy (non-hydrogen) atoms.